The molecule has 5 heteroatoms. The summed E-state index contributed by atoms with van der Waals surface area (Å²) < 4.78 is 0. The highest BCUT2D eigenvalue weighted by atomic mass is 32.1. The van der Waals surface area contributed by atoms with Crippen molar-refractivity contribution in [2.45, 2.75) is 25.3 Å². The number of carbonyl (C=O) groups is 1. The minimum atomic E-state index is 0.0439. The van der Waals surface area contributed by atoms with Gasteiger partial charge < -0.3 is 10.2 Å². The molecule has 1 aliphatic rings. The van der Waals surface area contributed by atoms with E-state index in [9.17, 15) is 4.79 Å². The van der Waals surface area contributed by atoms with Crippen LogP contribution in [-0.4, -0.2) is 42.0 Å². The Morgan fingerprint density at radius 1 is 1.32 bits per heavy atom. The maximum Gasteiger partial charge on any atom is 0.273 e. The number of hydrogen-bond donors (Lipinski definition) is 1. The number of nitrogens with zero attached hydrogens (tertiary/aromatic N) is 2. The van der Waals surface area contributed by atoms with Crippen molar-refractivity contribution in [3.8, 4) is 0 Å². The van der Waals surface area contributed by atoms with Gasteiger partial charge in [-0.2, -0.15) is 0 Å². The molecule has 22 heavy (non-hydrogen) atoms. The van der Waals surface area contributed by atoms with E-state index in [4.69, 9.17) is 0 Å². The summed E-state index contributed by atoms with van der Waals surface area (Å²) in [5.41, 5.74) is 1.81. The number of thiazole rings is 1. The molecule has 0 radical (unpaired) electrons. The molecule has 2 aromatic rings. The lowest BCUT2D eigenvalue weighted by molar-refractivity contribution is 0.0698. The predicted molar refractivity (Wildman–Crippen MR) is 89.3 cm³/mol. The fourth-order valence-corrected chi connectivity index (χ4v) is 3.60. The number of carbonyl (C=O) groups excluding carboxylic acids is 1. The van der Waals surface area contributed by atoms with Gasteiger partial charge in [0.05, 0.1) is 5.01 Å². The van der Waals surface area contributed by atoms with Crippen molar-refractivity contribution in [2.75, 3.05) is 20.1 Å². The van der Waals surface area contributed by atoms with Crippen LogP contribution < -0.4 is 5.32 Å². The Morgan fingerprint density at radius 2 is 2.05 bits per heavy atom. The number of rotatable bonds is 4. The largest absolute Gasteiger partial charge is 0.337 e. The number of amides is 1. The van der Waals surface area contributed by atoms with Crippen molar-refractivity contribution < 1.29 is 4.79 Å². The maximum atomic E-state index is 12.6. The second-order valence-corrected chi connectivity index (χ2v) is 6.63. The second-order valence-electron chi connectivity index (χ2n) is 5.69. The Labute approximate surface area is 135 Å². The molecule has 0 atom stereocenters. The lowest BCUT2D eigenvalue weighted by atomic mass is 10.1. The van der Waals surface area contributed by atoms with E-state index in [0.717, 1.165) is 37.4 Å². The molecule has 1 aromatic heterocycles. The summed E-state index contributed by atoms with van der Waals surface area (Å²) in [4.78, 5) is 19.0. The van der Waals surface area contributed by atoms with E-state index < -0.39 is 0 Å². The van der Waals surface area contributed by atoms with Gasteiger partial charge in [0.15, 0.2) is 0 Å². The van der Waals surface area contributed by atoms with E-state index in [2.05, 4.69) is 22.4 Å². The predicted octanol–water partition coefficient (Wildman–Crippen LogP) is 2.56. The summed E-state index contributed by atoms with van der Waals surface area (Å²) in [7, 11) is 1.90. The zero-order valence-corrected chi connectivity index (χ0v) is 13.6. The van der Waals surface area contributed by atoms with E-state index in [0.29, 0.717) is 11.7 Å². The van der Waals surface area contributed by atoms with Crippen molar-refractivity contribution in [3.63, 3.8) is 0 Å². The highest BCUT2D eigenvalue weighted by Crippen LogP contribution is 2.18. The average Bonchev–Trinajstić information content (AvgIpc) is 3.04. The van der Waals surface area contributed by atoms with Crippen LogP contribution >= 0.6 is 11.3 Å². The first-order chi connectivity index (χ1) is 10.7. The Kier molecular flexibility index (Phi) is 4.85. The van der Waals surface area contributed by atoms with Crippen LogP contribution in [0.1, 0.15) is 33.9 Å². The van der Waals surface area contributed by atoms with Gasteiger partial charge in [-0.3, -0.25) is 4.79 Å². The van der Waals surface area contributed by atoms with Gasteiger partial charge in [-0.1, -0.05) is 30.3 Å². The Morgan fingerprint density at radius 3 is 2.77 bits per heavy atom. The third-order valence-electron chi connectivity index (χ3n) is 4.15. The molecule has 0 bridgehead atoms. The number of benzene rings is 1. The molecule has 0 saturated carbocycles. The number of aromatic nitrogens is 1. The summed E-state index contributed by atoms with van der Waals surface area (Å²) in [6, 6.07) is 10.6. The first-order valence-corrected chi connectivity index (χ1v) is 8.58. The summed E-state index contributed by atoms with van der Waals surface area (Å²) in [5.74, 6) is 0.0439. The molecular weight excluding hydrogens is 294 g/mol. The maximum absolute atomic E-state index is 12.6. The molecular formula is C17H21N3OS. The average molecular weight is 315 g/mol. The van der Waals surface area contributed by atoms with Crippen LogP contribution in [0.4, 0.5) is 0 Å². The van der Waals surface area contributed by atoms with Crippen LogP contribution in [0, 0.1) is 0 Å². The van der Waals surface area contributed by atoms with Gasteiger partial charge >= 0.3 is 0 Å². The molecule has 1 fully saturated rings. The SMILES string of the molecule is CN(C(=O)c1csc(Cc2ccccc2)n1)C1CCNCC1. The molecule has 0 aliphatic carbocycles. The van der Waals surface area contributed by atoms with Crippen molar-refractivity contribution in [1.82, 2.24) is 15.2 Å². The van der Waals surface area contributed by atoms with Crippen LogP contribution in [-0.2, 0) is 6.42 Å². The molecule has 4 nitrogen and oxygen atoms in total. The topological polar surface area (TPSA) is 45.2 Å². The Hall–Kier alpha value is -1.72. The number of piperidine rings is 1. The van der Waals surface area contributed by atoms with Crippen molar-refractivity contribution in [1.29, 1.82) is 0 Å². The molecule has 0 unspecified atom stereocenters. The molecule has 1 amide bonds. The molecule has 0 spiro atoms. The Balaban J connectivity index is 1.66. The van der Waals surface area contributed by atoms with Crippen LogP contribution in [0.2, 0.25) is 0 Å². The Bertz CT molecular complexity index is 620. The first kappa shape index (κ1) is 15.2. The molecule has 1 aromatic carbocycles. The monoisotopic (exact) mass is 315 g/mol. The van der Waals surface area contributed by atoms with Crippen molar-refractivity contribution >= 4 is 17.2 Å². The van der Waals surface area contributed by atoms with E-state index in [1.165, 1.54) is 5.56 Å². The van der Waals surface area contributed by atoms with Gasteiger partial charge in [0.25, 0.3) is 5.91 Å². The van der Waals surface area contributed by atoms with E-state index in [1.807, 2.05) is 35.5 Å². The van der Waals surface area contributed by atoms with Crippen LogP contribution in [0.25, 0.3) is 0 Å². The summed E-state index contributed by atoms with van der Waals surface area (Å²) in [6.45, 7) is 1.97. The normalized spacial score (nSPS) is 15.7. The smallest absolute Gasteiger partial charge is 0.273 e. The van der Waals surface area contributed by atoms with Crippen LogP contribution in [0.3, 0.4) is 0 Å². The number of nitrogens with one attached hydrogen (secondary N) is 1. The quantitative estimate of drug-likeness (QED) is 0.943. The van der Waals surface area contributed by atoms with Gasteiger partial charge in [-0.15, -0.1) is 11.3 Å². The van der Waals surface area contributed by atoms with Crippen LogP contribution in [0.5, 0.6) is 0 Å². The van der Waals surface area contributed by atoms with Gasteiger partial charge in [0.1, 0.15) is 5.69 Å². The van der Waals surface area contributed by atoms with Crippen molar-refractivity contribution in [2.24, 2.45) is 0 Å². The third-order valence-corrected chi connectivity index (χ3v) is 4.99. The lowest BCUT2D eigenvalue weighted by Gasteiger charge is -2.31. The van der Waals surface area contributed by atoms with Gasteiger partial charge in [-0.25, -0.2) is 4.98 Å². The minimum absolute atomic E-state index is 0.0439. The first-order valence-electron chi connectivity index (χ1n) is 7.70. The molecule has 2 heterocycles. The third kappa shape index (κ3) is 3.54. The zero-order valence-electron chi connectivity index (χ0n) is 12.8. The highest BCUT2D eigenvalue weighted by molar-refractivity contribution is 7.09. The molecule has 1 aliphatic heterocycles. The molecule has 1 saturated heterocycles. The molecule has 116 valence electrons. The zero-order chi connectivity index (χ0) is 15.4. The van der Waals surface area contributed by atoms with Gasteiger partial charge in [-0.05, 0) is 31.5 Å². The van der Waals surface area contributed by atoms with E-state index in [-0.39, 0.29) is 5.91 Å². The summed E-state index contributed by atoms with van der Waals surface area (Å²) >= 11 is 1.57. The summed E-state index contributed by atoms with van der Waals surface area (Å²) in [5, 5.41) is 6.21. The number of hydrogen-bond acceptors (Lipinski definition) is 4. The van der Waals surface area contributed by atoms with Gasteiger partial charge in [0.2, 0.25) is 0 Å². The lowest BCUT2D eigenvalue weighted by Crippen LogP contribution is -2.44. The fraction of sp³-hybridized carbons (Fsp3) is 0.412. The minimum Gasteiger partial charge on any atom is -0.337 e. The standard InChI is InChI=1S/C17H21N3OS/c1-20(14-7-9-18-10-8-14)17(21)15-12-22-16(19-15)11-13-5-3-2-4-6-13/h2-6,12,14,18H,7-11H2,1H3. The van der Waals surface area contributed by atoms with Gasteiger partial charge in [0, 0.05) is 24.9 Å². The van der Waals surface area contributed by atoms with Crippen molar-refractivity contribution in [3.05, 3.63) is 52.0 Å². The van der Waals surface area contributed by atoms with E-state index >= 15 is 0 Å². The fourth-order valence-electron chi connectivity index (χ4n) is 2.80. The molecule has 1 N–H and O–H groups in total. The summed E-state index contributed by atoms with van der Waals surface area (Å²) in [6.07, 6.45) is 2.82. The highest BCUT2D eigenvalue weighted by Gasteiger charge is 2.24. The van der Waals surface area contributed by atoms with Crippen LogP contribution in [0.15, 0.2) is 35.7 Å². The molecule has 3 rings (SSSR count). The second kappa shape index (κ2) is 7.03. The van der Waals surface area contributed by atoms with E-state index in [1.54, 1.807) is 11.3 Å².